The van der Waals surface area contributed by atoms with Crippen molar-refractivity contribution < 1.29 is 40.2 Å². The van der Waals surface area contributed by atoms with Crippen LogP contribution in [-0.4, -0.2) is 99.7 Å². The predicted octanol–water partition coefficient (Wildman–Crippen LogP) is -0.227. The molecule has 11 heteroatoms. The van der Waals surface area contributed by atoms with Crippen molar-refractivity contribution >= 4 is 28.3 Å². The van der Waals surface area contributed by atoms with Gasteiger partial charge in [0.1, 0.15) is 11.1 Å². The summed E-state index contributed by atoms with van der Waals surface area (Å²) in [6.45, 7) is 6.57. The van der Waals surface area contributed by atoms with E-state index in [0.717, 1.165) is 27.6 Å². The molecule has 0 aliphatic carbocycles. The van der Waals surface area contributed by atoms with Crippen molar-refractivity contribution in [3.63, 3.8) is 0 Å². The maximum atomic E-state index is 12.9. The van der Waals surface area contributed by atoms with Crippen LogP contribution in [0.25, 0.3) is 10.8 Å². The first-order chi connectivity index (χ1) is 18.4. The van der Waals surface area contributed by atoms with E-state index in [1.165, 1.54) is 0 Å². The second kappa shape index (κ2) is 13.3. The van der Waals surface area contributed by atoms with Crippen LogP contribution in [0.5, 0.6) is 0 Å². The van der Waals surface area contributed by atoms with Gasteiger partial charge < -0.3 is 46.6 Å². The molecule has 0 aliphatic heterocycles. The molecule has 0 unspecified atom stereocenters. The quantitative estimate of drug-likeness (QED) is 0.136. The molecule has 0 aromatic heterocycles. The van der Waals surface area contributed by atoms with Crippen LogP contribution in [-0.2, 0) is 10.2 Å². The van der Waals surface area contributed by atoms with Gasteiger partial charge in [0.2, 0.25) is 5.91 Å². The molecule has 11 nitrogen and oxygen atoms in total. The van der Waals surface area contributed by atoms with E-state index < -0.39 is 67.9 Å². The normalized spacial score (nSPS) is 12.3. The number of hydrogen-bond acceptors (Lipinski definition) is 9. The lowest BCUT2D eigenvalue weighted by Gasteiger charge is -2.31. The minimum absolute atomic E-state index is 0.00809. The van der Waals surface area contributed by atoms with Gasteiger partial charge >= 0.3 is 0 Å². The van der Waals surface area contributed by atoms with Gasteiger partial charge in [-0.05, 0) is 41.5 Å². The number of allylic oxidation sites excluding steroid dienone is 1. The van der Waals surface area contributed by atoms with E-state index in [0.29, 0.717) is 0 Å². The molecule has 0 aliphatic rings. The third kappa shape index (κ3) is 7.13. The van der Waals surface area contributed by atoms with Crippen molar-refractivity contribution in [3.8, 4) is 0 Å². The van der Waals surface area contributed by atoms with Gasteiger partial charge in [-0.3, -0.25) is 9.59 Å². The first-order valence-electron chi connectivity index (χ1n) is 12.6. The second-order valence-corrected chi connectivity index (χ2v) is 10.5. The zero-order chi connectivity index (χ0) is 29.4. The molecule has 216 valence electrons. The number of carbonyl (C=O) groups is 2. The Morgan fingerprint density at radius 1 is 0.821 bits per heavy atom. The fraction of sp³-hybridized carbons (Fsp3) is 0.500. The summed E-state index contributed by atoms with van der Waals surface area (Å²) in [7, 11) is 0. The van der Waals surface area contributed by atoms with E-state index in [9.17, 15) is 40.2 Å². The lowest BCUT2D eigenvalue weighted by atomic mass is 9.76. The first-order valence-corrected chi connectivity index (χ1v) is 12.6. The largest absolute Gasteiger partial charge is 0.394 e. The lowest BCUT2D eigenvalue weighted by Crippen LogP contribution is -2.57. The molecule has 0 radical (unpaired) electrons. The molecule has 0 heterocycles. The minimum atomic E-state index is -1.55. The Morgan fingerprint density at radius 3 is 1.87 bits per heavy atom. The molecule has 2 aromatic rings. The highest BCUT2D eigenvalue weighted by molar-refractivity contribution is 6.01. The summed E-state index contributed by atoms with van der Waals surface area (Å²) in [5, 5.41) is 66.8. The Morgan fingerprint density at radius 2 is 1.36 bits per heavy atom. The summed E-state index contributed by atoms with van der Waals surface area (Å²) < 4.78 is 0. The van der Waals surface area contributed by atoms with E-state index in [1.807, 2.05) is 32.9 Å². The zero-order valence-electron chi connectivity index (χ0n) is 22.8. The average molecular weight is 548 g/mol. The highest BCUT2D eigenvalue weighted by atomic mass is 16.3. The SMILES string of the molecule is C=C(C)C(C)(C)c1c(NCCC(=O)NC(CO)(CO)CO)ccc2cc(C(=O)NC(CO)(CO)CO)ccc12. The number of aliphatic hydroxyl groups is 6. The maximum absolute atomic E-state index is 12.9. The van der Waals surface area contributed by atoms with Crippen LogP contribution in [0.2, 0.25) is 0 Å². The van der Waals surface area contributed by atoms with Crippen LogP contribution in [0.4, 0.5) is 5.69 Å². The van der Waals surface area contributed by atoms with Crippen LogP contribution >= 0.6 is 0 Å². The zero-order valence-corrected chi connectivity index (χ0v) is 22.8. The lowest BCUT2D eigenvalue weighted by molar-refractivity contribution is -0.125. The van der Waals surface area contributed by atoms with Gasteiger partial charge in [0.25, 0.3) is 5.91 Å². The molecule has 0 spiro atoms. The van der Waals surface area contributed by atoms with Gasteiger partial charge in [-0.2, -0.15) is 0 Å². The number of amides is 2. The van der Waals surface area contributed by atoms with Gasteiger partial charge in [-0.1, -0.05) is 38.1 Å². The van der Waals surface area contributed by atoms with Crippen molar-refractivity contribution in [2.45, 2.75) is 43.7 Å². The Hall–Kier alpha value is -3.06. The molecule has 2 amide bonds. The maximum Gasteiger partial charge on any atom is 0.251 e. The monoisotopic (exact) mass is 547 g/mol. The van der Waals surface area contributed by atoms with Gasteiger partial charge in [0, 0.05) is 29.6 Å². The van der Waals surface area contributed by atoms with Gasteiger partial charge in [-0.25, -0.2) is 0 Å². The van der Waals surface area contributed by atoms with Crippen LogP contribution in [0.1, 0.15) is 43.1 Å². The number of carbonyl (C=O) groups excluding carboxylic acids is 2. The van der Waals surface area contributed by atoms with Gasteiger partial charge in [0.05, 0.1) is 39.6 Å². The summed E-state index contributed by atoms with van der Waals surface area (Å²) >= 11 is 0. The molecule has 0 saturated heterocycles. The molecular weight excluding hydrogens is 506 g/mol. The topological polar surface area (TPSA) is 192 Å². The molecule has 0 atom stereocenters. The summed E-state index contributed by atoms with van der Waals surface area (Å²) in [5.74, 6) is -1.02. The molecule has 39 heavy (non-hydrogen) atoms. The number of nitrogens with one attached hydrogen (secondary N) is 3. The molecule has 0 bridgehead atoms. The van der Waals surface area contributed by atoms with Crippen LogP contribution in [0, 0.1) is 0 Å². The number of aliphatic hydroxyl groups excluding tert-OH is 6. The Balaban J connectivity index is 2.39. The molecule has 2 aromatic carbocycles. The number of fused-ring (bicyclic) bond motifs is 1. The van der Waals surface area contributed by atoms with E-state index in [2.05, 4.69) is 22.5 Å². The molecule has 9 N–H and O–H groups in total. The van der Waals surface area contributed by atoms with E-state index >= 15 is 0 Å². The average Bonchev–Trinajstić information content (AvgIpc) is 2.94. The fourth-order valence-electron chi connectivity index (χ4n) is 4.02. The molecule has 2 rings (SSSR count). The van der Waals surface area contributed by atoms with Crippen molar-refractivity contribution in [1.82, 2.24) is 10.6 Å². The third-order valence-electron chi connectivity index (χ3n) is 7.24. The Kier molecular flexibility index (Phi) is 11.0. The van der Waals surface area contributed by atoms with Crippen molar-refractivity contribution in [2.24, 2.45) is 0 Å². The molecular formula is C28H41N3O8. The number of benzene rings is 2. The smallest absolute Gasteiger partial charge is 0.251 e. The number of rotatable bonds is 15. The Bertz CT molecular complexity index is 1160. The second-order valence-electron chi connectivity index (χ2n) is 10.5. The van der Waals surface area contributed by atoms with Crippen LogP contribution < -0.4 is 16.0 Å². The summed E-state index contributed by atoms with van der Waals surface area (Å²) in [6.07, 6.45) is 0.00809. The molecule has 0 saturated carbocycles. The highest BCUT2D eigenvalue weighted by Crippen LogP contribution is 2.40. The minimum Gasteiger partial charge on any atom is -0.394 e. The van der Waals surface area contributed by atoms with E-state index in [4.69, 9.17) is 0 Å². The number of anilines is 1. The van der Waals surface area contributed by atoms with Gasteiger partial charge in [0.15, 0.2) is 0 Å². The standard InChI is InChI=1S/C28H41N3O8/c1-18(2)26(3,4)24-21-7-5-20(25(39)31-28(15-35,16-36)17-37)11-19(21)6-8-22(24)29-10-9-23(38)30-27(12-32,13-33)14-34/h5-8,11,29,32-37H,1,9-10,12-17H2,2-4H3,(H,30,38)(H,31,39). The fourth-order valence-corrected chi connectivity index (χ4v) is 4.02. The van der Waals surface area contributed by atoms with Gasteiger partial charge in [-0.15, -0.1) is 0 Å². The van der Waals surface area contributed by atoms with Crippen molar-refractivity contribution in [1.29, 1.82) is 0 Å². The van der Waals surface area contributed by atoms with E-state index in [1.54, 1.807) is 18.2 Å². The first kappa shape index (κ1) is 32.2. The summed E-state index contributed by atoms with van der Waals surface area (Å²) in [5.41, 5.74) is -0.752. The highest BCUT2D eigenvalue weighted by Gasteiger charge is 2.32. The van der Waals surface area contributed by atoms with Crippen molar-refractivity contribution in [3.05, 3.63) is 53.6 Å². The van der Waals surface area contributed by atoms with Crippen molar-refractivity contribution in [2.75, 3.05) is 51.5 Å². The Labute approximate surface area is 228 Å². The third-order valence-corrected chi connectivity index (χ3v) is 7.24. The summed E-state index contributed by atoms with van der Waals surface area (Å²) in [4.78, 5) is 25.3. The van der Waals surface area contributed by atoms with Crippen LogP contribution in [0.15, 0.2) is 42.5 Å². The predicted molar refractivity (Wildman–Crippen MR) is 148 cm³/mol. The number of hydrogen-bond donors (Lipinski definition) is 9. The van der Waals surface area contributed by atoms with Crippen LogP contribution in [0.3, 0.4) is 0 Å². The molecule has 0 fully saturated rings. The van der Waals surface area contributed by atoms with E-state index in [-0.39, 0.29) is 18.5 Å². The summed E-state index contributed by atoms with van der Waals surface area (Å²) in [6, 6.07) is 8.73.